The Morgan fingerprint density at radius 3 is 3.06 bits per heavy atom. The molecule has 1 aliphatic heterocycles. The number of rotatable bonds is 3. The molecule has 0 saturated carbocycles. The highest BCUT2D eigenvalue weighted by Crippen LogP contribution is 2.26. The normalized spacial score (nSPS) is 15.0. The molecule has 0 spiro atoms. The van der Waals surface area contributed by atoms with E-state index in [0.29, 0.717) is 18.7 Å². The first kappa shape index (κ1) is 11.9. The van der Waals surface area contributed by atoms with Crippen molar-refractivity contribution in [3.63, 3.8) is 0 Å². The lowest BCUT2D eigenvalue weighted by Crippen LogP contribution is -2.39. The van der Waals surface area contributed by atoms with Crippen LogP contribution in [-0.4, -0.2) is 37.0 Å². The maximum atomic E-state index is 12.2. The number of fused-ring (bicyclic) bond motifs is 1. The molecule has 0 saturated heterocycles. The standard InChI is InChI=1S/C13H18N2O2/c1-9(8-14)15(2)13(16)11-3-4-12-10(7-11)5-6-17-12/h3-4,7,9H,5-6,8,14H2,1-2H3. The van der Waals surface area contributed by atoms with Gasteiger partial charge in [0, 0.05) is 31.6 Å². The first-order valence-electron chi connectivity index (χ1n) is 5.86. The number of hydrogen-bond donors (Lipinski definition) is 1. The van der Waals surface area contributed by atoms with Crippen molar-refractivity contribution < 1.29 is 9.53 Å². The van der Waals surface area contributed by atoms with E-state index < -0.39 is 0 Å². The van der Waals surface area contributed by atoms with E-state index in [-0.39, 0.29) is 11.9 Å². The minimum atomic E-state index is 0.0117. The Morgan fingerprint density at radius 2 is 2.35 bits per heavy atom. The molecular weight excluding hydrogens is 216 g/mol. The molecule has 0 radical (unpaired) electrons. The fourth-order valence-corrected chi connectivity index (χ4v) is 1.88. The number of benzene rings is 1. The summed E-state index contributed by atoms with van der Waals surface area (Å²) in [5, 5.41) is 0. The summed E-state index contributed by atoms with van der Waals surface area (Å²) < 4.78 is 5.42. The number of hydrogen-bond acceptors (Lipinski definition) is 3. The molecule has 92 valence electrons. The van der Waals surface area contributed by atoms with Gasteiger partial charge < -0.3 is 15.4 Å². The molecule has 4 nitrogen and oxygen atoms in total. The maximum Gasteiger partial charge on any atom is 0.253 e. The zero-order valence-electron chi connectivity index (χ0n) is 10.3. The van der Waals surface area contributed by atoms with Crippen LogP contribution in [-0.2, 0) is 6.42 Å². The van der Waals surface area contributed by atoms with Crippen molar-refractivity contribution in [2.24, 2.45) is 5.73 Å². The molecule has 17 heavy (non-hydrogen) atoms. The predicted octanol–water partition coefficient (Wildman–Crippen LogP) is 1.04. The van der Waals surface area contributed by atoms with Crippen molar-refractivity contribution in [3.8, 4) is 5.75 Å². The third-order valence-electron chi connectivity index (χ3n) is 3.26. The van der Waals surface area contributed by atoms with Gasteiger partial charge in [-0.25, -0.2) is 0 Å². The van der Waals surface area contributed by atoms with Gasteiger partial charge in [-0.3, -0.25) is 4.79 Å². The van der Waals surface area contributed by atoms with Crippen LogP contribution >= 0.6 is 0 Å². The third kappa shape index (κ3) is 2.26. The van der Waals surface area contributed by atoms with E-state index in [1.54, 1.807) is 11.9 Å². The second-order valence-electron chi connectivity index (χ2n) is 4.42. The molecule has 2 N–H and O–H groups in total. The van der Waals surface area contributed by atoms with Gasteiger partial charge in [0.15, 0.2) is 0 Å². The fraction of sp³-hybridized carbons (Fsp3) is 0.462. The topological polar surface area (TPSA) is 55.6 Å². The van der Waals surface area contributed by atoms with Crippen LogP contribution in [0.1, 0.15) is 22.8 Å². The summed E-state index contributed by atoms with van der Waals surface area (Å²) in [7, 11) is 1.78. The highest BCUT2D eigenvalue weighted by atomic mass is 16.5. The Bertz CT molecular complexity index is 431. The van der Waals surface area contributed by atoms with Gasteiger partial charge in [0.2, 0.25) is 0 Å². The van der Waals surface area contributed by atoms with E-state index in [1.165, 1.54) is 0 Å². The van der Waals surface area contributed by atoms with Gasteiger partial charge in [-0.1, -0.05) is 0 Å². The van der Waals surface area contributed by atoms with E-state index >= 15 is 0 Å². The zero-order valence-corrected chi connectivity index (χ0v) is 10.3. The van der Waals surface area contributed by atoms with Crippen molar-refractivity contribution >= 4 is 5.91 Å². The van der Waals surface area contributed by atoms with E-state index in [4.69, 9.17) is 10.5 Å². The SMILES string of the molecule is CC(CN)N(C)C(=O)c1ccc2c(c1)CCO2. The van der Waals surface area contributed by atoms with Gasteiger partial charge in [0.05, 0.1) is 6.61 Å². The number of likely N-dealkylation sites (N-methyl/N-ethyl adjacent to an activating group) is 1. The van der Waals surface area contributed by atoms with Crippen molar-refractivity contribution in [3.05, 3.63) is 29.3 Å². The summed E-state index contributed by atoms with van der Waals surface area (Å²) >= 11 is 0. The number of amides is 1. The third-order valence-corrected chi connectivity index (χ3v) is 3.26. The monoisotopic (exact) mass is 234 g/mol. The van der Waals surface area contributed by atoms with Crippen LogP contribution in [0.3, 0.4) is 0 Å². The lowest BCUT2D eigenvalue weighted by molar-refractivity contribution is 0.0748. The number of carbonyl (C=O) groups excluding carboxylic acids is 1. The minimum Gasteiger partial charge on any atom is -0.493 e. The maximum absolute atomic E-state index is 12.2. The number of ether oxygens (including phenoxy) is 1. The van der Waals surface area contributed by atoms with Crippen molar-refractivity contribution in [1.29, 1.82) is 0 Å². The summed E-state index contributed by atoms with van der Waals surface area (Å²) in [6, 6.07) is 5.65. The predicted molar refractivity (Wildman–Crippen MR) is 66.3 cm³/mol. The summed E-state index contributed by atoms with van der Waals surface area (Å²) in [4.78, 5) is 13.9. The molecule has 1 amide bonds. The second kappa shape index (κ2) is 4.75. The second-order valence-corrected chi connectivity index (χ2v) is 4.42. The number of nitrogens with zero attached hydrogens (tertiary/aromatic N) is 1. The molecule has 0 aliphatic carbocycles. The molecule has 0 bridgehead atoms. The quantitative estimate of drug-likeness (QED) is 0.850. The summed E-state index contributed by atoms with van der Waals surface area (Å²) in [6.45, 7) is 3.12. The molecule has 0 aromatic heterocycles. The molecule has 4 heteroatoms. The Hall–Kier alpha value is -1.55. The van der Waals surface area contributed by atoms with Crippen LogP contribution in [0.25, 0.3) is 0 Å². The highest BCUT2D eigenvalue weighted by Gasteiger charge is 2.19. The molecule has 1 aromatic rings. The van der Waals surface area contributed by atoms with Crippen LogP contribution in [0.2, 0.25) is 0 Å². The first-order chi connectivity index (χ1) is 8.13. The molecule has 0 fully saturated rings. The van der Waals surface area contributed by atoms with Crippen LogP contribution < -0.4 is 10.5 Å². The first-order valence-corrected chi connectivity index (χ1v) is 5.86. The van der Waals surface area contributed by atoms with Crippen LogP contribution in [0.15, 0.2) is 18.2 Å². The van der Waals surface area contributed by atoms with E-state index in [0.717, 1.165) is 17.7 Å². The molecule has 1 aromatic carbocycles. The van der Waals surface area contributed by atoms with Crippen molar-refractivity contribution in [2.75, 3.05) is 20.2 Å². The lowest BCUT2D eigenvalue weighted by atomic mass is 10.1. The van der Waals surface area contributed by atoms with E-state index in [2.05, 4.69) is 0 Å². The number of nitrogens with two attached hydrogens (primary N) is 1. The molecule has 1 aliphatic rings. The van der Waals surface area contributed by atoms with Crippen molar-refractivity contribution in [2.45, 2.75) is 19.4 Å². The van der Waals surface area contributed by atoms with Gasteiger partial charge >= 0.3 is 0 Å². The van der Waals surface area contributed by atoms with Gasteiger partial charge in [0.25, 0.3) is 5.91 Å². The van der Waals surface area contributed by atoms with E-state index in [1.807, 2.05) is 25.1 Å². The Morgan fingerprint density at radius 1 is 1.59 bits per heavy atom. The van der Waals surface area contributed by atoms with Gasteiger partial charge in [0.1, 0.15) is 5.75 Å². The summed E-state index contributed by atoms with van der Waals surface area (Å²) in [5.74, 6) is 0.911. The van der Waals surface area contributed by atoms with E-state index in [9.17, 15) is 4.79 Å². The molecule has 1 heterocycles. The summed E-state index contributed by atoms with van der Waals surface area (Å²) in [5.41, 5.74) is 7.39. The van der Waals surface area contributed by atoms with Gasteiger partial charge in [-0.05, 0) is 30.7 Å². The summed E-state index contributed by atoms with van der Waals surface area (Å²) in [6.07, 6.45) is 0.882. The largest absolute Gasteiger partial charge is 0.493 e. The Kier molecular flexibility index (Phi) is 3.33. The molecular formula is C13H18N2O2. The van der Waals surface area contributed by atoms with Crippen LogP contribution in [0.5, 0.6) is 5.75 Å². The molecule has 1 atom stereocenters. The highest BCUT2D eigenvalue weighted by molar-refractivity contribution is 5.94. The zero-order chi connectivity index (χ0) is 12.4. The number of carbonyl (C=O) groups is 1. The van der Waals surface area contributed by atoms with Crippen molar-refractivity contribution in [1.82, 2.24) is 4.90 Å². The van der Waals surface area contributed by atoms with Crippen LogP contribution in [0, 0.1) is 0 Å². The minimum absolute atomic E-state index is 0.0117. The fourth-order valence-electron chi connectivity index (χ4n) is 1.88. The Labute approximate surface area is 101 Å². The molecule has 1 unspecified atom stereocenters. The lowest BCUT2D eigenvalue weighted by Gasteiger charge is -2.23. The molecule has 2 rings (SSSR count). The van der Waals surface area contributed by atoms with Gasteiger partial charge in [-0.15, -0.1) is 0 Å². The Balaban J connectivity index is 2.20. The average Bonchev–Trinajstić information content (AvgIpc) is 2.83. The smallest absolute Gasteiger partial charge is 0.253 e. The van der Waals surface area contributed by atoms with Gasteiger partial charge in [-0.2, -0.15) is 0 Å². The average molecular weight is 234 g/mol. The van der Waals surface area contributed by atoms with Crippen LogP contribution in [0.4, 0.5) is 0 Å².